The van der Waals surface area contributed by atoms with Crippen LogP contribution in [0.15, 0.2) is 18.2 Å². The summed E-state index contributed by atoms with van der Waals surface area (Å²) in [6, 6.07) is 6.96. The molecule has 0 aromatic heterocycles. The van der Waals surface area contributed by atoms with E-state index in [-0.39, 0.29) is 0 Å². The van der Waals surface area contributed by atoms with Crippen molar-refractivity contribution >= 4 is 5.69 Å². The molecule has 4 heteroatoms. The van der Waals surface area contributed by atoms with E-state index in [0.717, 1.165) is 24.3 Å². The Kier molecular flexibility index (Phi) is 3.27. The van der Waals surface area contributed by atoms with Crippen LogP contribution in [0.1, 0.15) is 25.7 Å². The van der Waals surface area contributed by atoms with Crippen molar-refractivity contribution in [2.24, 2.45) is 0 Å². The summed E-state index contributed by atoms with van der Waals surface area (Å²) in [5.74, 6) is 1.54. The Bertz CT molecular complexity index is 449. The zero-order valence-corrected chi connectivity index (χ0v) is 11.6. The van der Waals surface area contributed by atoms with Crippen molar-refractivity contribution in [2.75, 3.05) is 19.9 Å². The van der Waals surface area contributed by atoms with Crippen molar-refractivity contribution in [3.63, 3.8) is 0 Å². The normalized spacial score (nSPS) is 30.3. The highest BCUT2D eigenvalue weighted by molar-refractivity contribution is 5.52. The van der Waals surface area contributed by atoms with Gasteiger partial charge in [0.2, 0.25) is 0 Å². The van der Waals surface area contributed by atoms with Gasteiger partial charge >= 0.3 is 0 Å². The number of methoxy groups -OCH3 is 1. The number of anilines is 1. The lowest BCUT2D eigenvalue weighted by Crippen LogP contribution is -2.43. The molecule has 0 amide bonds. The summed E-state index contributed by atoms with van der Waals surface area (Å²) >= 11 is 0. The minimum absolute atomic E-state index is 0.297. The smallest absolute Gasteiger partial charge is 0.162 e. The number of hydrogen-bond acceptors (Lipinski definition) is 4. The van der Waals surface area contributed by atoms with Gasteiger partial charge in [0, 0.05) is 23.8 Å². The number of piperidine rings is 1. The minimum Gasteiger partial charge on any atom is -0.493 e. The lowest BCUT2D eigenvalue weighted by molar-refractivity contribution is 0.0643. The molecule has 0 spiro atoms. The molecule has 2 heterocycles. The molecule has 1 aromatic rings. The Balaban J connectivity index is 1.72. The van der Waals surface area contributed by atoms with Crippen molar-refractivity contribution in [1.82, 2.24) is 4.90 Å². The maximum Gasteiger partial charge on any atom is 0.162 e. The topological polar surface area (TPSA) is 47.7 Å². The van der Waals surface area contributed by atoms with E-state index in [0.29, 0.717) is 23.9 Å². The van der Waals surface area contributed by atoms with Crippen molar-refractivity contribution in [3.05, 3.63) is 18.2 Å². The summed E-state index contributed by atoms with van der Waals surface area (Å²) in [6.07, 6.45) is 5.13. The molecular weight excluding hydrogens is 240 g/mol. The van der Waals surface area contributed by atoms with Crippen LogP contribution in [-0.2, 0) is 0 Å². The third-order valence-electron chi connectivity index (χ3n) is 4.54. The molecule has 0 saturated carbocycles. The Hall–Kier alpha value is -1.42. The van der Waals surface area contributed by atoms with Crippen LogP contribution in [0.2, 0.25) is 0 Å². The molecule has 2 saturated heterocycles. The lowest BCUT2D eigenvalue weighted by Gasteiger charge is -2.36. The molecule has 2 aliphatic rings. The largest absolute Gasteiger partial charge is 0.493 e. The Morgan fingerprint density at radius 2 is 1.84 bits per heavy atom. The molecule has 1 aromatic carbocycles. The van der Waals surface area contributed by atoms with E-state index in [4.69, 9.17) is 15.2 Å². The van der Waals surface area contributed by atoms with Gasteiger partial charge in [-0.1, -0.05) is 0 Å². The van der Waals surface area contributed by atoms with Crippen LogP contribution in [0.4, 0.5) is 5.69 Å². The Morgan fingerprint density at radius 1 is 1.16 bits per heavy atom. The van der Waals surface area contributed by atoms with Crippen LogP contribution in [0.25, 0.3) is 0 Å². The zero-order valence-electron chi connectivity index (χ0n) is 11.6. The second-order valence-electron chi connectivity index (χ2n) is 5.67. The lowest BCUT2D eigenvalue weighted by atomic mass is 10.0. The van der Waals surface area contributed by atoms with Crippen LogP contribution in [-0.4, -0.2) is 37.2 Å². The fourth-order valence-electron chi connectivity index (χ4n) is 3.42. The number of nitrogens with two attached hydrogens (primary N) is 1. The number of fused-ring (bicyclic) bond motifs is 2. The quantitative estimate of drug-likeness (QED) is 0.849. The van der Waals surface area contributed by atoms with E-state index in [1.165, 1.54) is 12.8 Å². The molecular formula is C15H22N2O2. The highest BCUT2D eigenvalue weighted by Gasteiger charge is 2.39. The maximum atomic E-state index is 6.15. The maximum absolute atomic E-state index is 6.15. The average molecular weight is 262 g/mol. The summed E-state index contributed by atoms with van der Waals surface area (Å²) in [6.45, 7) is 0. The van der Waals surface area contributed by atoms with E-state index in [1.54, 1.807) is 7.11 Å². The van der Waals surface area contributed by atoms with E-state index in [2.05, 4.69) is 11.9 Å². The molecule has 3 rings (SSSR count). The second kappa shape index (κ2) is 4.93. The molecule has 19 heavy (non-hydrogen) atoms. The van der Waals surface area contributed by atoms with E-state index >= 15 is 0 Å². The number of nitrogens with zero attached hydrogens (tertiary/aromatic N) is 1. The molecule has 2 aliphatic heterocycles. The van der Waals surface area contributed by atoms with Gasteiger partial charge in [-0.25, -0.2) is 0 Å². The first kappa shape index (κ1) is 12.6. The molecule has 3 atom stereocenters. The minimum atomic E-state index is 0.297. The van der Waals surface area contributed by atoms with Crippen molar-refractivity contribution in [2.45, 2.75) is 43.9 Å². The predicted octanol–water partition coefficient (Wildman–Crippen LogP) is 2.28. The van der Waals surface area contributed by atoms with Crippen molar-refractivity contribution in [1.29, 1.82) is 0 Å². The molecule has 0 radical (unpaired) electrons. The average Bonchev–Trinajstić information content (AvgIpc) is 2.64. The summed E-state index contributed by atoms with van der Waals surface area (Å²) < 4.78 is 11.5. The number of hydrogen-bond donors (Lipinski definition) is 1. The van der Waals surface area contributed by atoms with E-state index in [1.807, 2.05) is 18.2 Å². The second-order valence-corrected chi connectivity index (χ2v) is 5.67. The fourth-order valence-corrected chi connectivity index (χ4v) is 3.42. The molecule has 2 N–H and O–H groups in total. The van der Waals surface area contributed by atoms with Gasteiger partial charge in [0.1, 0.15) is 6.10 Å². The van der Waals surface area contributed by atoms with Gasteiger partial charge in [-0.15, -0.1) is 0 Å². The van der Waals surface area contributed by atoms with Crippen LogP contribution in [0, 0.1) is 0 Å². The monoisotopic (exact) mass is 262 g/mol. The molecule has 0 aliphatic carbocycles. The van der Waals surface area contributed by atoms with Gasteiger partial charge in [-0.2, -0.15) is 0 Å². The summed E-state index contributed by atoms with van der Waals surface area (Å²) in [5, 5.41) is 0. The van der Waals surface area contributed by atoms with Gasteiger partial charge in [0.25, 0.3) is 0 Å². The van der Waals surface area contributed by atoms with Gasteiger partial charge in [-0.05, 0) is 44.9 Å². The van der Waals surface area contributed by atoms with Gasteiger partial charge in [0.15, 0.2) is 11.5 Å². The molecule has 104 valence electrons. The van der Waals surface area contributed by atoms with Crippen LogP contribution >= 0.6 is 0 Å². The third kappa shape index (κ3) is 2.37. The van der Waals surface area contributed by atoms with Gasteiger partial charge in [0.05, 0.1) is 7.11 Å². The van der Waals surface area contributed by atoms with Crippen LogP contribution in [0.3, 0.4) is 0 Å². The summed E-state index contributed by atoms with van der Waals surface area (Å²) in [7, 11) is 3.89. The van der Waals surface area contributed by atoms with E-state index in [9.17, 15) is 0 Å². The van der Waals surface area contributed by atoms with Gasteiger partial charge < -0.3 is 20.1 Å². The molecule has 0 unspecified atom stereocenters. The molecule has 2 bridgehead atoms. The standard InChI is InChI=1S/C15H22N2O2/c1-17-11-4-5-12(17)9-13(8-11)19-14-6-3-10(16)7-15(14)18-2/h3,6-7,11-13H,4-5,8-9,16H2,1-2H3/t11-,12+,13-. The van der Waals surface area contributed by atoms with E-state index < -0.39 is 0 Å². The first-order valence-electron chi connectivity index (χ1n) is 6.99. The molecule has 2 fully saturated rings. The number of nitrogen functional groups attached to an aromatic ring is 1. The van der Waals surface area contributed by atoms with Crippen molar-refractivity contribution < 1.29 is 9.47 Å². The Labute approximate surface area is 114 Å². The van der Waals surface area contributed by atoms with Crippen LogP contribution in [0.5, 0.6) is 11.5 Å². The SMILES string of the molecule is COc1cc(N)ccc1O[C@@H]1C[C@H]2CC[C@@H](C1)N2C. The summed E-state index contributed by atoms with van der Waals surface area (Å²) in [5.41, 5.74) is 6.47. The molecule has 4 nitrogen and oxygen atoms in total. The number of rotatable bonds is 3. The highest BCUT2D eigenvalue weighted by Crippen LogP contribution is 2.38. The number of ether oxygens (including phenoxy) is 2. The number of benzene rings is 1. The van der Waals surface area contributed by atoms with Gasteiger partial charge in [-0.3, -0.25) is 0 Å². The first-order chi connectivity index (χ1) is 9.17. The highest BCUT2D eigenvalue weighted by atomic mass is 16.5. The van der Waals surface area contributed by atoms with Crippen molar-refractivity contribution in [3.8, 4) is 11.5 Å². The zero-order chi connectivity index (χ0) is 13.4. The fraction of sp³-hybridized carbons (Fsp3) is 0.600. The third-order valence-corrected chi connectivity index (χ3v) is 4.54. The first-order valence-corrected chi connectivity index (χ1v) is 6.99. The Morgan fingerprint density at radius 3 is 2.47 bits per heavy atom. The predicted molar refractivity (Wildman–Crippen MR) is 75.6 cm³/mol. The summed E-state index contributed by atoms with van der Waals surface area (Å²) in [4.78, 5) is 2.51. The van der Waals surface area contributed by atoms with Crippen LogP contribution < -0.4 is 15.2 Å².